The average Bonchev–Trinajstić information content (AvgIpc) is 2.68. The molecule has 1 N–H and O–H groups in total. The number of aromatic hydroxyl groups is 1. The number of allylic oxidation sites excluding steroid dienone is 1. The zero-order valence-electron chi connectivity index (χ0n) is 16.0. The van der Waals surface area contributed by atoms with E-state index in [9.17, 15) is 14.7 Å². The van der Waals surface area contributed by atoms with Crippen LogP contribution in [0.5, 0.6) is 11.5 Å². The summed E-state index contributed by atoms with van der Waals surface area (Å²) >= 11 is 0. The molecule has 148 valence electrons. The molecule has 0 saturated carbocycles. The summed E-state index contributed by atoms with van der Waals surface area (Å²) in [5.41, 5.74) is 0.885. The van der Waals surface area contributed by atoms with Crippen LogP contribution in [0.2, 0.25) is 0 Å². The zero-order valence-corrected chi connectivity index (χ0v) is 16.0. The molecule has 7 nitrogen and oxygen atoms in total. The van der Waals surface area contributed by atoms with Crippen molar-refractivity contribution >= 4 is 11.9 Å². The normalized spacial score (nSPS) is 15.9. The predicted molar refractivity (Wildman–Crippen MR) is 102 cm³/mol. The molecule has 2 rings (SSSR count). The summed E-state index contributed by atoms with van der Waals surface area (Å²) in [6.07, 6.45) is 1.30. The number of ether oxygens (including phenoxy) is 2. The number of hydrogen-bond acceptors (Lipinski definition) is 6. The minimum absolute atomic E-state index is 0.0566. The zero-order chi connectivity index (χ0) is 19.8. The van der Waals surface area contributed by atoms with E-state index in [2.05, 4.69) is 11.5 Å². The molecule has 1 atom stereocenters. The van der Waals surface area contributed by atoms with E-state index in [0.717, 1.165) is 5.56 Å². The number of hydrogen-bond donors (Lipinski definition) is 1. The third-order valence-corrected chi connectivity index (χ3v) is 4.57. The van der Waals surface area contributed by atoms with Crippen LogP contribution in [0.15, 0.2) is 30.9 Å². The topological polar surface area (TPSA) is 79.3 Å². The third kappa shape index (κ3) is 5.47. The number of ketones is 1. The molecule has 1 fully saturated rings. The van der Waals surface area contributed by atoms with Gasteiger partial charge in [-0.15, -0.1) is 0 Å². The second-order valence-corrected chi connectivity index (χ2v) is 6.27. The van der Waals surface area contributed by atoms with Gasteiger partial charge in [0.2, 0.25) is 0 Å². The quantitative estimate of drug-likeness (QED) is 0.703. The van der Waals surface area contributed by atoms with E-state index in [-0.39, 0.29) is 30.1 Å². The summed E-state index contributed by atoms with van der Waals surface area (Å²) in [6.45, 7) is 10.3. The average molecular weight is 376 g/mol. The molecule has 1 aromatic carbocycles. The van der Waals surface area contributed by atoms with Crippen LogP contribution in [0.4, 0.5) is 4.79 Å². The maximum Gasteiger partial charge on any atom is 0.409 e. The van der Waals surface area contributed by atoms with E-state index in [1.807, 2.05) is 6.92 Å². The highest BCUT2D eigenvalue weighted by Gasteiger charge is 2.29. The summed E-state index contributed by atoms with van der Waals surface area (Å²) in [7, 11) is 0. The second-order valence-electron chi connectivity index (χ2n) is 6.27. The number of piperazine rings is 1. The number of phenols is 1. The van der Waals surface area contributed by atoms with Crippen molar-refractivity contribution in [2.75, 3.05) is 39.4 Å². The van der Waals surface area contributed by atoms with E-state index < -0.39 is 0 Å². The van der Waals surface area contributed by atoms with Gasteiger partial charge >= 0.3 is 6.09 Å². The van der Waals surface area contributed by atoms with E-state index in [0.29, 0.717) is 45.1 Å². The Balaban J connectivity index is 2.18. The summed E-state index contributed by atoms with van der Waals surface area (Å²) in [4.78, 5) is 27.8. The molecule has 0 spiro atoms. The van der Waals surface area contributed by atoms with Crippen molar-refractivity contribution in [3.63, 3.8) is 0 Å². The minimum atomic E-state index is -0.306. The summed E-state index contributed by atoms with van der Waals surface area (Å²) in [6, 6.07) is 4.98. The highest BCUT2D eigenvalue weighted by Crippen LogP contribution is 2.33. The van der Waals surface area contributed by atoms with Crippen LogP contribution < -0.4 is 4.74 Å². The Labute approximate surface area is 160 Å². The van der Waals surface area contributed by atoms with Crippen molar-refractivity contribution in [2.45, 2.75) is 26.3 Å². The van der Waals surface area contributed by atoms with Crippen LogP contribution in [-0.2, 0) is 9.53 Å². The molecule has 0 aliphatic carbocycles. The van der Waals surface area contributed by atoms with Gasteiger partial charge in [0.05, 0.1) is 13.2 Å². The fourth-order valence-corrected chi connectivity index (χ4v) is 3.17. The van der Waals surface area contributed by atoms with Crippen LogP contribution in [0.1, 0.15) is 31.9 Å². The van der Waals surface area contributed by atoms with Gasteiger partial charge in [-0.05, 0) is 37.6 Å². The Bertz CT molecular complexity index is 668. The first-order chi connectivity index (χ1) is 13.0. The van der Waals surface area contributed by atoms with Crippen LogP contribution in [0, 0.1) is 0 Å². The fourth-order valence-electron chi connectivity index (χ4n) is 3.17. The highest BCUT2D eigenvalue weighted by atomic mass is 16.6. The first-order valence-corrected chi connectivity index (χ1v) is 9.26. The van der Waals surface area contributed by atoms with Crippen molar-refractivity contribution in [3.8, 4) is 11.5 Å². The molecule has 1 aliphatic heterocycles. The highest BCUT2D eigenvalue weighted by molar-refractivity contribution is 5.89. The van der Waals surface area contributed by atoms with Gasteiger partial charge in [-0.1, -0.05) is 12.6 Å². The molecular weight excluding hydrogens is 348 g/mol. The van der Waals surface area contributed by atoms with E-state index in [1.54, 1.807) is 30.0 Å². The number of phenolic OH excluding ortho intramolecular Hbond substituents is 1. The summed E-state index contributed by atoms with van der Waals surface area (Å²) < 4.78 is 10.5. The van der Waals surface area contributed by atoms with Gasteiger partial charge in [0.1, 0.15) is 0 Å². The Morgan fingerprint density at radius 2 is 1.93 bits per heavy atom. The van der Waals surface area contributed by atoms with Gasteiger partial charge < -0.3 is 19.5 Å². The number of carbonyl (C=O) groups excluding carboxylic acids is 2. The molecule has 1 amide bonds. The maximum atomic E-state index is 12.1. The first kappa shape index (κ1) is 20.8. The maximum absolute atomic E-state index is 12.1. The van der Waals surface area contributed by atoms with Crippen molar-refractivity contribution in [3.05, 3.63) is 36.4 Å². The monoisotopic (exact) mass is 376 g/mol. The van der Waals surface area contributed by atoms with E-state index in [1.165, 1.54) is 6.08 Å². The van der Waals surface area contributed by atoms with E-state index >= 15 is 0 Å². The van der Waals surface area contributed by atoms with Gasteiger partial charge in [-0.25, -0.2) is 4.79 Å². The van der Waals surface area contributed by atoms with Crippen LogP contribution in [-0.4, -0.2) is 66.2 Å². The molecule has 0 unspecified atom stereocenters. The van der Waals surface area contributed by atoms with Gasteiger partial charge in [0.25, 0.3) is 0 Å². The molecule has 1 aliphatic rings. The van der Waals surface area contributed by atoms with Gasteiger partial charge in [0, 0.05) is 38.6 Å². The lowest BCUT2D eigenvalue weighted by Gasteiger charge is -2.38. The van der Waals surface area contributed by atoms with Crippen molar-refractivity contribution in [1.82, 2.24) is 9.80 Å². The molecule has 0 bridgehead atoms. The molecule has 1 saturated heterocycles. The molecule has 1 aromatic rings. The number of carbonyl (C=O) groups is 2. The largest absolute Gasteiger partial charge is 0.504 e. The van der Waals surface area contributed by atoms with Gasteiger partial charge in [-0.3, -0.25) is 9.69 Å². The predicted octanol–water partition coefficient (Wildman–Crippen LogP) is 2.75. The Morgan fingerprint density at radius 3 is 2.52 bits per heavy atom. The Hall–Kier alpha value is -2.54. The smallest absolute Gasteiger partial charge is 0.409 e. The molecular formula is C20H28N2O5. The minimum Gasteiger partial charge on any atom is -0.504 e. The third-order valence-electron chi connectivity index (χ3n) is 4.57. The number of nitrogens with zero attached hydrogens (tertiary/aromatic N) is 2. The van der Waals surface area contributed by atoms with Crippen molar-refractivity contribution in [1.29, 1.82) is 0 Å². The lowest BCUT2D eigenvalue weighted by Crippen LogP contribution is -2.50. The van der Waals surface area contributed by atoms with E-state index in [4.69, 9.17) is 9.47 Å². The lowest BCUT2D eigenvalue weighted by atomic mass is 9.98. The number of benzene rings is 1. The standard InChI is InChI=1S/C20H28N2O5/c1-4-16(23)14-17(15-7-8-18(24)19(13-15)26-5-2)21-9-11-22(12-10-21)20(25)27-6-3/h4,7-8,13,17,24H,1,5-6,9-12,14H2,2-3H3/t17-/m0/s1. The van der Waals surface area contributed by atoms with Crippen LogP contribution in [0.25, 0.3) is 0 Å². The molecule has 1 heterocycles. The SMILES string of the molecule is C=CC(=O)C[C@@H](c1ccc(O)c(OCC)c1)N1CCN(C(=O)OCC)CC1. The first-order valence-electron chi connectivity index (χ1n) is 9.26. The lowest BCUT2D eigenvalue weighted by molar-refractivity contribution is -0.116. The molecule has 0 radical (unpaired) electrons. The second kappa shape index (κ2) is 9.97. The Kier molecular flexibility index (Phi) is 7.67. The van der Waals surface area contributed by atoms with Crippen molar-refractivity contribution in [2.24, 2.45) is 0 Å². The number of amides is 1. The fraction of sp³-hybridized carbons (Fsp3) is 0.500. The number of rotatable bonds is 8. The molecule has 0 aromatic heterocycles. The van der Waals surface area contributed by atoms with Crippen LogP contribution >= 0.6 is 0 Å². The molecule has 27 heavy (non-hydrogen) atoms. The van der Waals surface area contributed by atoms with Crippen molar-refractivity contribution < 1.29 is 24.2 Å². The van der Waals surface area contributed by atoms with Crippen LogP contribution in [0.3, 0.4) is 0 Å². The Morgan fingerprint density at radius 1 is 1.22 bits per heavy atom. The van der Waals surface area contributed by atoms with Gasteiger partial charge in [0.15, 0.2) is 17.3 Å². The molecule has 7 heteroatoms. The summed E-state index contributed by atoms with van der Waals surface area (Å²) in [5.74, 6) is 0.414. The summed E-state index contributed by atoms with van der Waals surface area (Å²) in [5, 5.41) is 9.95. The van der Waals surface area contributed by atoms with Gasteiger partial charge in [-0.2, -0.15) is 0 Å².